The van der Waals surface area contributed by atoms with Crippen LogP contribution < -0.4 is 4.74 Å². The molecular formula is C21H34O3. The van der Waals surface area contributed by atoms with Gasteiger partial charge in [0.25, 0.3) is 0 Å². The predicted octanol–water partition coefficient (Wildman–Crippen LogP) is 6.42. The van der Waals surface area contributed by atoms with Crippen LogP contribution in [0.1, 0.15) is 100 Å². The van der Waals surface area contributed by atoms with E-state index in [9.17, 15) is 9.90 Å². The third-order valence-electron chi connectivity index (χ3n) is 4.67. The van der Waals surface area contributed by atoms with Gasteiger partial charge in [-0.2, -0.15) is 0 Å². The average molecular weight is 335 g/mol. The first-order valence-electron chi connectivity index (χ1n) is 9.60. The van der Waals surface area contributed by atoms with Crippen LogP contribution in [0, 0.1) is 0 Å². The standard InChI is InChI=1S/C21H34O3/c1-4-6-7-8-9-10-11-12-15-24-20-16-18(17(3)5-2)13-14-19(20)21(22)23/h13-14,16-17H,4-12,15H2,1-3H3,(H,22,23). The molecule has 136 valence electrons. The van der Waals surface area contributed by atoms with Crippen LogP contribution in [0.25, 0.3) is 0 Å². The molecule has 0 aliphatic carbocycles. The lowest BCUT2D eigenvalue weighted by molar-refractivity contribution is 0.0692. The molecule has 0 aliphatic heterocycles. The van der Waals surface area contributed by atoms with Crippen molar-refractivity contribution in [3.8, 4) is 5.75 Å². The molecule has 1 rings (SSSR count). The summed E-state index contributed by atoms with van der Waals surface area (Å²) in [4.78, 5) is 11.4. The summed E-state index contributed by atoms with van der Waals surface area (Å²) in [7, 11) is 0. The smallest absolute Gasteiger partial charge is 0.339 e. The Morgan fingerprint density at radius 3 is 2.25 bits per heavy atom. The second-order valence-electron chi connectivity index (χ2n) is 6.69. The fourth-order valence-corrected chi connectivity index (χ4v) is 2.80. The molecule has 0 aromatic heterocycles. The van der Waals surface area contributed by atoms with Gasteiger partial charge in [-0.15, -0.1) is 0 Å². The zero-order valence-electron chi connectivity index (χ0n) is 15.6. The van der Waals surface area contributed by atoms with E-state index < -0.39 is 5.97 Å². The summed E-state index contributed by atoms with van der Waals surface area (Å²) in [5, 5.41) is 9.32. The van der Waals surface area contributed by atoms with Gasteiger partial charge in [0.15, 0.2) is 0 Å². The Morgan fingerprint density at radius 1 is 1.04 bits per heavy atom. The van der Waals surface area contributed by atoms with Crippen molar-refractivity contribution in [1.29, 1.82) is 0 Å². The lowest BCUT2D eigenvalue weighted by Crippen LogP contribution is -2.06. The lowest BCUT2D eigenvalue weighted by atomic mass is 9.97. The summed E-state index contributed by atoms with van der Waals surface area (Å²) in [6.07, 6.45) is 11.0. The topological polar surface area (TPSA) is 46.5 Å². The highest BCUT2D eigenvalue weighted by Crippen LogP contribution is 2.27. The molecular weight excluding hydrogens is 300 g/mol. The molecule has 0 bridgehead atoms. The Balaban J connectivity index is 2.41. The van der Waals surface area contributed by atoms with E-state index in [4.69, 9.17) is 4.74 Å². The van der Waals surface area contributed by atoms with Crippen LogP contribution >= 0.6 is 0 Å². The maximum Gasteiger partial charge on any atom is 0.339 e. The summed E-state index contributed by atoms with van der Waals surface area (Å²) >= 11 is 0. The van der Waals surface area contributed by atoms with Gasteiger partial charge in [0.1, 0.15) is 11.3 Å². The van der Waals surface area contributed by atoms with Crippen LogP contribution in [-0.4, -0.2) is 17.7 Å². The minimum absolute atomic E-state index is 0.265. The largest absolute Gasteiger partial charge is 0.493 e. The minimum atomic E-state index is -0.920. The van der Waals surface area contributed by atoms with Crippen molar-refractivity contribution < 1.29 is 14.6 Å². The molecule has 0 saturated carbocycles. The average Bonchev–Trinajstić information content (AvgIpc) is 2.59. The first-order valence-corrected chi connectivity index (χ1v) is 9.60. The number of unbranched alkanes of at least 4 members (excludes halogenated alkanes) is 7. The van der Waals surface area contributed by atoms with Crippen LogP contribution in [0.15, 0.2) is 18.2 Å². The van der Waals surface area contributed by atoms with E-state index in [-0.39, 0.29) is 5.56 Å². The Kier molecular flexibility index (Phi) is 10.2. The van der Waals surface area contributed by atoms with Crippen molar-refractivity contribution in [3.05, 3.63) is 29.3 Å². The van der Waals surface area contributed by atoms with Crippen molar-refractivity contribution >= 4 is 5.97 Å². The number of hydrogen-bond acceptors (Lipinski definition) is 2. The molecule has 1 aromatic rings. The molecule has 0 amide bonds. The number of carboxylic acids is 1. The van der Waals surface area contributed by atoms with E-state index in [1.165, 1.54) is 38.5 Å². The molecule has 0 heterocycles. The summed E-state index contributed by atoms with van der Waals surface area (Å²) in [6.45, 7) is 7.12. The Bertz CT molecular complexity index is 482. The van der Waals surface area contributed by atoms with E-state index >= 15 is 0 Å². The van der Waals surface area contributed by atoms with E-state index in [0.29, 0.717) is 18.3 Å². The molecule has 0 radical (unpaired) electrons. The molecule has 1 aromatic carbocycles. The Hall–Kier alpha value is -1.51. The summed E-state index contributed by atoms with van der Waals surface area (Å²) < 4.78 is 5.80. The lowest BCUT2D eigenvalue weighted by Gasteiger charge is -2.14. The van der Waals surface area contributed by atoms with Gasteiger partial charge < -0.3 is 9.84 Å². The number of carbonyl (C=O) groups is 1. The van der Waals surface area contributed by atoms with Gasteiger partial charge in [-0.1, -0.05) is 71.8 Å². The number of aromatic carboxylic acids is 1. The van der Waals surface area contributed by atoms with E-state index in [2.05, 4.69) is 20.8 Å². The zero-order valence-corrected chi connectivity index (χ0v) is 15.6. The highest BCUT2D eigenvalue weighted by atomic mass is 16.5. The van der Waals surface area contributed by atoms with Gasteiger partial charge in [0, 0.05) is 0 Å². The van der Waals surface area contributed by atoms with Crippen LogP contribution in [-0.2, 0) is 0 Å². The molecule has 3 nitrogen and oxygen atoms in total. The van der Waals surface area contributed by atoms with Crippen LogP contribution in [0.4, 0.5) is 0 Å². The van der Waals surface area contributed by atoms with Gasteiger partial charge >= 0.3 is 5.97 Å². The van der Waals surface area contributed by atoms with Crippen LogP contribution in [0.5, 0.6) is 5.75 Å². The van der Waals surface area contributed by atoms with Crippen molar-refractivity contribution in [2.75, 3.05) is 6.61 Å². The van der Waals surface area contributed by atoms with E-state index in [1.807, 2.05) is 12.1 Å². The highest BCUT2D eigenvalue weighted by Gasteiger charge is 2.14. The normalized spacial score (nSPS) is 12.1. The summed E-state index contributed by atoms with van der Waals surface area (Å²) in [6, 6.07) is 5.48. The summed E-state index contributed by atoms with van der Waals surface area (Å²) in [5.74, 6) is 0.0122. The van der Waals surface area contributed by atoms with Gasteiger partial charge in [0.2, 0.25) is 0 Å². The number of hydrogen-bond donors (Lipinski definition) is 1. The van der Waals surface area contributed by atoms with Crippen LogP contribution in [0.2, 0.25) is 0 Å². The fraction of sp³-hybridized carbons (Fsp3) is 0.667. The molecule has 1 atom stereocenters. The fourth-order valence-electron chi connectivity index (χ4n) is 2.80. The van der Waals surface area contributed by atoms with Crippen molar-refractivity contribution in [1.82, 2.24) is 0 Å². The summed E-state index contributed by atoms with van der Waals surface area (Å²) in [5.41, 5.74) is 1.41. The molecule has 0 saturated heterocycles. The predicted molar refractivity (Wildman–Crippen MR) is 100 cm³/mol. The van der Waals surface area contributed by atoms with Gasteiger partial charge in [-0.25, -0.2) is 4.79 Å². The van der Waals surface area contributed by atoms with E-state index in [0.717, 1.165) is 24.8 Å². The number of carboxylic acid groups (broad SMARTS) is 1. The third-order valence-corrected chi connectivity index (χ3v) is 4.67. The van der Waals surface area contributed by atoms with E-state index in [1.54, 1.807) is 6.07 Å². The monoisotopic (exact) mass is 334 g/mol. The SMILES string of the molecule is CCCCCCCCCCOc1cc(C(C)CC)ccc1C(=O)O. The molecule has 1 N–H and O–H groups in total. The number of rotatable bonds is 13. The van der Waals surface area contributed by atoms with Crippen LogP contribution in [0.3, 0.4) is 0 Å². The van der Waals surface area contributed by atoms with Gasteiger partial charge in [-0.05, 0) is 36.5 Å². The molecule has 1 unspecified atom stereocenters. The molecule has 0 spiro atoms. The Labute approximate surface area is 147 Å². The molecule has 24 heavy (non-hydrogen) atoms. The van der Waals surface area contributed by atoms with Crippen molar-refractivity contribution in [3.63, 3.8) is 0 Å². The van der Waals surface area contributed by atoms with Gasteiger partial charge in [-0.3, -0.25) is 0 Å². The second kappa shape index (κ2) is 11.9. The third kappa shape index (κ3) is 7.37. The number of ether oxygens (including phenoxy) is 1. The van der Waals surface area contributed by atoms with Crippen molar-refractivity contribution in [2.45, 2.75) is 84.5 Å². The maximum absolute atomic E-state index is 11.4. The first-order chi connectivity index (χ1) is 11.6. The molecule has 0 aliphatic rings. The molecule has 3 heteroatoms. The quantitative estimate of drug-likeness (QED) is 0.423. The number of benzene rings is 1. The maximum atomic E-state index is 11.4. The van der Waals surface area contributed by atoms with Gasteiger partial charge in [0.05, 0.1) is 6.61 Å². The minimum Gasteiger partial charge on any atom is -0.493 e. The van der Waals surface area contributed by atoms with Crippen molar-refractivity contribution in [2.24, 2.45) is 0 Å². The first kappa shape index (κ1) is 20.5. The second-order valence-corrected chi connectivity index (χ2v) is 6.69. The Morgan fingerprint density at radius 2 is 1.67 bits per heavy atom. The zero-order chi connectivity index (χ0) is 17.8. The molecule has 0 fully saturated rings. The highest BCUT2D eigenvalue weighted by molar-refractivity contribution is 5.91.